The lowest BCUT2D eigenvalue weighted by molar-refractivity contribution is 0.0236. The van der Waals surface area contributed by atoms with Crippen LogP contribution >= 0.6 is 15.9 Å². The van der Waals surface area contributed by atoms with Crippen molar-refractivity contribution in [3.8, 4) is 0 Å². The highest BCUT2D eigenvalue weighted by Gasteiger charge is 2.10. The number of benzene rings is 1. The smallest absolute Gasteiger partial charge is 0.123 e. The van der Waals surface area contributed by atoms with E-state index in [1.54, 1.807) is 7.11 Å². The minimum atomic E-state index is -0.202. The quantitative estimate of drug-likeness (QED) is 0.453. The third-order valence-corrected chi connectivity index (χ3v) is 3.72. The Morgan fingerprint density at radius 1 is 1.00 bits per heavy atom. The molecule has 0 radical (unpaired) electrons. The first-order valence-electron chi connectivity index (χ1n) is 6.73. The summed E-state index contributed by atoms with van der Waals surface area (Å²) in [6.45, 7) is 3.04. The number of ether oxygens (including phenoxy) is 3. The van der Waals surface area contributed by atoms with Crippen molar-refractivity contribution in [2.24, 2.45) is 0 Å². The van der Waals surface area contributed by atoms with E-state index in [4.69, 9.17) is 14.2 Å². The first-order valence-corrected chi connectivity index (χ1v) is 7.86. The van der Waals surface area contributed by atoms with Crippen molar-refractivity contribution in [2.75, 3.05) is 45.5 Å². The molecule has 0 N–H and O–H groups in total. The molecular weight excluding hydrogens is 327 g/mol. The molecule has 1 aromatic rings. The summed E-state index contributed by atoms with van der Waals surface area (Å²) in [5, 5.41) is 0.840. The summed E-state index contributed by atoms with van der Waals surface area (Å²) in [7, 11) is 1.65. The molecule has 0 amide bonds. The molecule has 0 aliphatic heterocycles. The fraction of sp³-hybridized carbons (Fsp3) is 0.600. The Kier molecular flexibility index (Phi) is 9.83. The van der Waals surface area contributed by atoms with Gasteiger partial charge in [0.15, 0.2) is 0 Å². The van der Waals surface area contributed by atoms with Crippen LogP contribution in [0.4, 0.5) is 4.39 Å². The Balaban J connectivity index is 2.14. The Morgan fingerprint density at radius 3 is 2.20 bits per heavy atom. The molecule has 1 rings (SSSR count). The van der Waals surface area contributed by atoms with Gasteiger partial charge >= 0.3 is 0 Å². The minimum absolute atomic E-state index is 0.202. The normalized spacial score (nSPS) is 12.6. The van der Waals surface area contributed by atoms with Gasteiger partial charge in [-0.1, -0.05) is 28.1 Å². The van der Waals surface area contributed by atoms with E-state index in [0.29, 0.717) is 39.0 Å². The van der Waals surface area contributed by atoms with Gasteiger partial charge in [0.25, 0.3) is 0 Å². The van der Waals surface area contributed by atoms with Gasteiger partial charge in [0.05, 0.1) is 26.4 Å². The van der Waals surface area contributed by atoms with E-state index in [-0.39, 0.29) is 5.82 Å². The zero-order valence-corrected chi connectivity index (χ0v) is 13.4. The van der Waals surface area contributed by atoms with Crippen LogP contribution in [0.2, 0.25) is 0 Å². The van der Waals surface area contributed by atoms with E-state index < -0.39 is 0 Å². The molecule has 3 nitrogen and oxygen atoms in total. The van der Waals surface area contributed by atoms with Crippen LogP contribution in [0, 0.1) is 5.82 Å². The highest BCUT2D eigenvalue weighted by Crippen LogP contribution is 2.22. The number of rotatable bonds is 11. The van der Waals surface area contributed by atoms with Crippen molar-refractivity contribution < 1.29 is 18.6 Å². The van der Waals surface area contributed by atoms with Gasteiger partial charge in [0.1, 0.15) is 5.82 Å². The lowest BCUT2D eigenvalue weighted by Crippen LogP contribution is -2.11. The van der Waals surface area contributed by atoms with Crippen molar-refractivity contribution >= 4 is 15.9 Å². The molecule has 5 heteroatoms. The molecule has 0 aromatic heterocycles. The summed E-state index contributed by atoms with van der Waals surface area (Å²) in [4.78, 5) is 0. The number of halogens is 2. The second-order valence-electron chi connectivity index (χ2n) is 4.41. The zero-order valence-electron chi connectivity index (χ0n) is 11.8. The standard InChI is InChI=1S/C15H22BrFO3/c1-18-8-9-20-11-10-19-7-6-14(12-16)13-2-4-15(17)5-3-13/h2-5,14H,6-12H2,1H3. The number of hydrogen-bond donors (Lipinski definition) is 0. The summed E-state index contributed by atoms with van der Waals surface area (Å²) in [6.07, 6.45) is 0.898. The van der Waals surface area contributed by atoms with E-state index in [2.05, 4.69) is 15.9 Å². The van der Waals surface area contributed by atoms with Gasteiger partial charge in [0.2, 0.25) is 0 Å². The second kappa shape index (κ2) is 11.2. The van der Waals surface area contributed by atoms with Gasteiger partial charge in [-0.15, -0.1) is 0 Å². The Bertz CT molecular complexity index is 345. The molecule has 0 heterocycles. The average molecular weight is 349 g/mol. The van der Waals surface area contributed by atoms with Crippen molar-refractivity contribution in [2.45, 2.75) is 12.3 Å². The lowest BCUT2D eigenvalue weighted by Gasteiger charge is -2.14. The monoisotopic (exact) mass is 348 g/mol. The van der Waals surface area contributed by atoms with Crippen molar-refractivity contribution in [3.05, 3.63) is 35.6 Å². The SMILES string of the molecule is COCCOCCOCCC(CBr)c1ccc(F)cc1. The van der Waals surface area contributed by atoms with E-state index >= 15 is 0 Å². The fourth-order valence-electron chi connectivity index (χ4n) is 1.76. The number of alkyl halides is 1. The highest BCUT2D eigenvalue weighted by molar-refractivity contribution is 9.09. The van der Waals surface area contributed by atoms with E-state index in [1.165, 1.54) is 12.1 Å². The van der Waals surface area contributed by atoms with E-state index in [0.717, 1.165) is 17.3 Å². The first kappa shape index (κ1) is 17.6. The van der Waals surface area contributed by atoms with Crippen LogP contribution < -0.4 is 0 Å². The molecule has 0 aliphatic carbocycles. The summed E-state index contributed by atoms with van der Waals surface area (Å²) < 4.78 is 28.6. The lowest BCUT2D eigenvalue weighted by atomic mass is 9.98. The van der Waals surface area contributed by atoms with Gasteiger partial charge in [-0.2, -0.15) is 0 Å². The Labute approximate surface area is 128 Å². The molecule has 0 fully saturated rings. The maximum absolute atomic E-state index is 12.9. The third-order valence-electron chi connectivity index (χ3n) is 2.94. The molecule has 0 spiro atoms. The predicted octanol–water partition coefficient (Wildman–Crippen LogP) is 3.37. The molecule has 0 bridgehead atoms. The summed E-state index contributed by atoms with van der Waals surface area (Å²) >= 11 is 3.49. The Morgan fingerprint density at radius 2 is 1.60 bits per heavy atom. The first-order chi connectivity index (χ1) is 9.77. The summed E-state index contributed by atoms with van der Waals surface area (Å²) in [6, 6.07) is 6.65. The maximum Gasteiger partial charge on any atom is 0.123 e. The molecule has 1 atom stereocenters. The molecule has 1 aromatic carbocycles. The maximum atomic E-state index is 12.9. The van der Waals surface area contributed by atoms with Crippen LogP contribution in [-0.4, -0.2) is 45.5 Å². The van der Waals surface area contributed by atoms with E-state index in [9.17, 15) is 4.39 Å². The predicted molar refractivity (Wildman–Crippen MR) is 81.1 cm³/mol. The number of methoxy groups -OCH3 is 1. The van der Waals surface area contributed by atoms with Gasteiger partial charge in [-0.25, -0.2) is 4.39 Å². The third kappa shape index (κ3) is 7.33. The molecule has 20 heavy (non-hydrogen) atoms. The largest absolute Gasteiger partial charge is 0.382 e. The summed E-state index contributed by atoms with van der Waals surface area (Å²) in [5.41, 5.74) is 1.13. The highest BCUT2D eigenvalue weighted by atomic mass is 79.9. The molecule has 1 unspecified atom stereocenters. The summed E-state index contributed by atoms with van der Waals surface area (Å²) in [5.74, 6) is 0.136. The van der Waals surface area contributed by atoms with Crippen LogP contribution in [-0.2, 0) is 14.2 Å². The molecule has 0 aliphatic rings. The Hall–Kier alpha value is -0.490. The molecule has 0 saturated carbocycles. The van der Waals surface area contributed by atoms with Gasteiger partial charge in [-0.3, -0.25) is 0 Å². The minimum Gasteiger partial charge on any atom is -0.382 e. The molecule has 0 saturated heterocycles. The average Bonchev–Trinajstić information content (AvgIpc) is 2.47. The number of hydrogen-bond acceptors (Lipinski definition) is 3. The van der Waals surface area contributed by atoms with Crippen molar-refractivity contribution in [1.82, 2.24) is 0 Å². The van der Waals surface area contributed by atoms with Crippen LogP contribution in [0.1, 0.15) is 17.9 Å². The van der Waals surface area contributed by atoms with Crippen LogP contribution in [0.25, 0.3) is 0 Å². The van der Waals surface area contributed by atoms with Gasteiger partial charge in [-0.05, 0) is 30.0 Å². The fourth-order valence-corrected chi connectivity index (χ4v) is 2.46. The zero-order chi connectivity index (χ0) is 14.6. The molecule has 114 valence electrons. The van der Waals surface area contributed by atoms with Crippen LogP contribution in [0.5, 0.6) is 0 Å². The van der Waals surface area contributed by atoms with Crippen LogP contribution in [0.15, 0.2) is 24.3 Å². The second-order valence-corrected chi connectivity index (χ2v) is 5.06. The van der Waals surface area contributed by atoms with Gasteiger partial charge < -0.3 is 14.2 Å². The van der Waals surface area contributed by atoms with Crippen molar-refractivity contribution in [1.29, 1.82) is 0 Å². The topological polar surface area (TPSA) is 27.7 Å². The molecular formula is C15H22BrFO3. The van der Waals surface area contributed by atoms with Gasteiger partial charge in [0, 0.05) is 19.0 Å². The van der Waals surface area contributed by atoms with Crippen molar-refractivity contribution in [3.63, 3.8) is 0 Å². The van der Waals surface area contributed by atoms with E-state index in [1.807, 2.05) is 12.1 Å². The van der Waals surface area contributed by atoms with Crippen LogP contribution in [0.3, 0.4) is 0 Å².